The molecule has 3 heterocycles. The SMILES string of the molecule is COc1ncnc(N)c1CN1CCC[C@H](c2nc3ccccc3o2)C1. The molecule has 4 rings (SSSR count). The number of nitrogens with two attached hydrogens (primary N) is 1. The Labute approximate surface area is 145 Å². The number of ether oxygens (including phenoxy) is 1. The van der Waals surface area contributed by atoms with E-state index in [1.807, 2.05) is 24.3 Å². The minimum absolute atomic E-state index is 0.276. The third kappa shape index (κ3) is 3.15. The quantitative estimate of drug-likeness (QED) is 0.781. The summed E-state index contributed by atoms with van der Waals surface area (Å²) in [5.41, 5.74) is 8.62. The Morgan fingerprint density at radius 3 is 3.04 bits per heavy atom. The number of methoxy groups -OCH3 is 1. The average Bonchev–Trinajstić information content (AvgIpc) is 3.08. The molecular weight excluding hydrogens is 318 g/mol. The Hall–Kier alpha value is -2.67. The first kappa shape index (κ1) is 15.8. The highest BCUT2D eigenvalue weighted by molar-refractivity contribution is 5.72. The lowest BCUT2D eigenvalue weighted by molar-refractivity contribution is 0.185. The highest BCUT2D eigenvalue weighted by Gasteiger charge is 2.26. The van der Waals surface area contributed by atoms with Crippen LogP contribution in [0.2, 0.25) is 0 Å². The monoisotopic (exact) mass is 339 g/mol. The van der Waals surface area contributed by atoms with E-state index in [0.29, 0.717) is 18.2 Å². The van der Waals surface area contributed by atoms with Gasteiger partial charge in [0.2, 0.25) is 5.88 Å². The molecule has 0 radical (unpaired) electrons. The molecule has 1 aromatic carbocycles. The fraction of sp³-hybridized carbons (Fsp3) is 0.389. The number of hydrogen-bond donors (Lipinski definition) is 1. The van der Waals surface area contributed by atoms with Gasteiger partial charge in [0.15, 0.2) is 11.5 Å². The molecular formula is C18H21N5O2. The van der Waals surface area contributed by atoms with Crippen LogP contribution in [0.1, 0.15) is 30.2 Å². The summed E-state index contributed by atoms with van der Waals surface area (Å²) < 4.78 is 11.3. The molecule has 0 saturated carbocycles. The number of rotatable bonds is 4. The van der Waals surface area contributed by atoms with Crippen LogP contribution in [0.4, 0.5) is 5.82 Å². The maximum Gasteiger partial charge on any atom is 0.222 e. The molecule has 0 spiro atoms. The molecule has 7 heteroatoms. The molecule has 7 nitrogen and oxygen atoms in total. The van der Waals surface area contributed by atoms with Gasteiger partial charge < -0.3 is 14.9 Å². The summed E-state index contributed by atoms with van der Waals surface area (Å²) >= 11 is 0. The van der Waals surface area contributed by atoms with Gasteiger partial charge in [0.1, 0.15) is 17.7 Å². The van der Waals surface area contributed by atoms with Crippen molar-refractivity contribution in [3.05, 3.63) is 42.0 Å². The topological polar surface area (TPSA) is 90.3 Å². The molecule has 1 atom stereocenters. The summed E-state index contributed by atoms with van der Waals surface area (Å²) in [5, 5.41) is 0. The zero-order valence-electron chi connectivity index (χ0n) is 14.2. The number of nitrogen functional groups attached to an aromatic ring is 1. The number of para-hydroxylation sites is 2. The van der Waals surface area contributed by atoms with Crippen LogP contribution in [0, 0.1) is 0 Å². The molecule has 0 bridgehead atoms. The van der Waals surface area contributed by atoms with Gasteiger partial charge in [0.05, 0.1) is 12.7 Å². The minimum atomic E-state index is 0.276. The first-order valence-electron chi connectivity index (χ1n) is 8.45. The van der Waals surface area contributed by atoms with E-state index in [2.05, 4.69) is 19.9 Å². The second-order valence-corrected chi connectivity index (χ2v) is 6.34. The molecule has 0 unspecified atom stereocenters. The molecule has 1 aliphatic rings. The number of oxazole rings is 1. The number of anilines is 1. The van der Waals surface area contributed by atoms with Crippen molar-refractivity contribution in [2.45, 2.75) is 25.3 Å². The predicted molar refractivity (Wildman–Crippen MR) is 94.3 cm³/mol. The van der Waals surface area contributed by atoms with Crippen molar-refractivity contribution in [3.63, 3.8) is 0 Å². The molecule has 2 aromatic heterocycles. The average molecular weight is 339 g/mol. The smallest absolute Gasteiger partial charge is 0.222 e. The van der Waals surface area contributed by atoms with Gasteiger partial charge in [-0.05, 0) is 31.5 Å². The lowest BCUT2D eigenvalue weighted by Crippen LogP contribution is -2.34. The summed E-state index contributed by atoms with van der Waals surface area (Å²) in [4.78, 5) is 15.2. The first-order valence-corrected chi connectivity index (χ1v) is 8.45. The normalized spacial score (nSPS) is 18.5. The molecule has 1 saturated heterocycles. The Bertz CT molecular complexity index is 846. The van der Waals surface area contributed by atoms with Crippen molar-refractivity contribution >= 4 is 16.9 Å². The largest absolute Gasteiger partial charge is 0.481 e. The lowest BCUT2D eigenvalue weighted by Gasteiger charge is -2.31. The summed E-state index contributed by atoms with van der Waals surface area (Å²) in [6, 6.07) is 7.89. The van der Waals surface area contributed by atoms with Crippen LogP contribution in [0.5, 0.6) is 5.88 Å². The fourth-order valence-corrected chi connectivity index (χ4v) is 3.42. The Kier molecular flexibility index (Phi) is 4.23. The highest BCUT2D eigenvalue weighted by atomic mass is 16.5. The molecule has 130 valence electrons. The number of benzene rings is 1. The predicted octanol–water partition coefficient (Wildman–Crippen LogP) is 2.59. The van der Waals surface area contributed by atoms with E-state index in [9.17, 15) is 0 Å². The van der Waals surface area contributed by atoms with Crippen LogP contribution < -0.4 is 10.5 Å². The van der Waals surface area contributed by atoms with Gasteiger partial charge in [0, 0.05) is 19.0 Å². The Balaban J connectivity index is 1.53. The second-order valence-electron chi connectivity index (χ2n) is 6.34. The third-order valence-electron chi connectivity index (χ3n) is 4.68. The molecule has 0 amide bonds. The molecule has 0 aliphatic carbocycles. The maximum absolute atomic E-state index is 6.02. The van der Waals surface area contributed by atoms with Crippen LogP contribution in [-0.2, 0) is 6.54 Å². The van der Waals surface area contributed by atoms with Crippen LogP contribution in [0.3, 0.4) is 0 Å². The summed E-state index contributed by atoms with van der Waals surface area (Å²) in [6.07, 6.45) is 3.58. The number of fused-ring (bicyclic) bond motifs is 1. The van der Waals surface area contributed by atoms with Crippen molar-refractivity contribution in [1.29, 1.82) is 0 Å². The zero-order chi connectivity index (χ0) is 17.2. The molecule has 1 fully saturated rings. The van der Waals surface area contributed by atoms with Gasteiger partial charge in [-0.2, -0.15) is 0 Å². The Morgan fingerprint density at radius 1 is 1.32 bits per heavy atom. The molecule has 3 aromatic rings. The number of likely N-dealkylation sites (tertiary alicyclic amines) is 1. The van der Waals surface area contributed by atoms with E-state index in [-0.39, 0.29) is 5.92 Å². The number of hydrogen-bond acceptors (Lipinski definition) is 7. The van der Waals surface area contributed by atoms with E-state index in [0.717, 1.165) is 48.5 Å². The highest BCUT2D eigenvalue weighted by Crippen LogP contribution is 2.31. The van der Waals surface area contributed by atoms with E-state index in [4.69, 9.17) is 14.9 Å². The summed E-state index contributed by atoms with van der Waals surface area (Å²) in [5.74, 6) is 2.10. The summed E-state index contributed by atoms with van der Waals surface area (Å²) in [7, 11) is 1.60. The van der Waals surface area contributed by atoms with E-state index < -0.39 is 0 Å². The molecule has 2 N–H and O–H groups in total. The Morgan fingerprint density at radius 2 is 2.20 bits per heavy atom. The van der Waals surface area contributed by atoms with Crippen LogP contribution >= 0.6 is 0 Å². The van der Waals surface area contributed by atoms with Gasteiger partial charge in [-0.25, -0.2) is 15.0 Å². The van der Waals surface area contributed by atoms with Gasteiger partial charge in [-0.15, -0.1) is 0 Å². The first-order chi connectivity index (χ1) is 12.2. The molecule has 25 heavy (non-hydrogen) atoms. The molecule has 1 aliphatic heterocycles. The standard InChI is InChI=1S/C18H21N5O2/c1-24-18-13(16(19)20-11-21-18)10-23-8-4-5-12(9-23)17-22-14-6-2-3-7-15(14)25-17/h2-3,6-7,11-12H,4-5,8-10H2,1H3,(H2,19,20,21)/t12-/m0/s1. The number of aromatic nitrogens is 3. The van der Waals surface area contributed by atoms with Crippen molar-refractivity contribution in [3.8, 4) is 5.88 Å². The van der Waals surface area contributed by atoms with Crippen molar-refractivity contribution in [2.24, 2.45) is 0 Å². The van der Waals surface area contributed by atoms with Gasteiger partial charge >= 0.3 is 0 Å². The summed E-state index contributed by atoms with van der Waals surface area (Å²) in [6.45, 7) is 2.52. The van der Waals surface area contributed by atoms with E-state index in [1.54, 1.807) is 7.11 Å². The van der Waals surface area contributed by atoms with Crippen molar-refractivity contribution in [2.75, 3.05) is 25.9 Å². The van der Waals surface area contributed by atoms with E-state index in [1.165, 1.54) is 6.33 Å². The van der Waals surface area contributed by atoms with Crippen LogP contribution in [-0.4, -0.2) is 40.1 Å². The van der Waals surface area contributed by atoms with Crippen LogP contribution in [0.25, 0.3) is 11.1 Å². The van der Waals surface area contributed by atoms with E-state index >= 15 is 0 Å². The van der Waals surface area contributed by atoms with Crippen LogP contribution in [0.15, 0.2) is 35.0 Å². The van der Waals surface area contributed by atoms with Gasteiger partial charge in [-0.3, -0.25) is 4.90 Å². The number of nitrogens with zero attached hydrogens (tertiary/aromatic N) is 4. The minimum Gasteiger partial charge on any atom is -0.481 e. The maximum atomic E-state index is 6.02. The van der Waals surface area contributed by atoms with Crippen molar-refractivity contribution < 1.29 is 9.15 Å². The lowest BCUT2D eigenvalue weighted by atomic mass is 9.97. The van der Waals surface area contributed by atoms with Gasteiger partial charge in [-0.1, -0.05) is 12.1 Å². The third-order valence-corrected chi connectivity index (χ3v) is 4.68. The fourth-order valence-electron chi connectivity index (χ4n) is 3.42. The zero-order valence-corrected chi connectivity index (χ0v) is 14.2. The van der Waals surface area contributed by atoms with Gasteiger partial charge in [0.25, 0.3) is 0 Å². The number of piperidine rings is 1. The van der Waals surface area contributed by atoms with Crippen molar-refractivity contribution in [1.82, 2.24) is 19.9 Å². The second kappa shape index (κ2) is 6.68.